The molecule has 0 saturated heterocycles. The second-order valence-corrected chi connectivity index (χ2v) is 5.85. The van der Waals surface area contributed by atoms with E-state index < -0.39 is 5.97 Å². The summed E-state index contributed by atoms with van der Waals surface area (Å²) in [4.78, 5) is 15.6. The zero-order valence-electron chi connectivity index (χ0n) is 11.7. The van der Waals surface area contributed by atoms with Gasteiger partial charge in [-0.2, -0.15) is 0 Å². The zero-order chi connectivity index (χ0) is 15.9. The number of fused-ring (bicyclic) bond motifs is 1. The first-order valence-electron chi connectivity index (χ1n) is 6.60. The number of aromatic carboxylic acids is 1. The van der Waals surface area contributed by atoms with Gasteiger partial charge >= 0.3 is 5.97 Å². The Morgan fingerprint density at radius 3 is 2.73 bits per heavy atom. The van der Waals surface area contributed by atoms with E-state index in [0.29, 0.717) is 22.1 Å². The standard InChI is InChI=1S/C16H12Cl2N2O2/c1-9-14(6-10-2-4-12(17)7-13(10)18)20-8-11(16(21)22)3-5-15(20)19-9/h2-5,7-8H,6H2,1H3,(H,21,22). The second kappa shape index (κ2) is 5.63. The van der Waals surface area contributed by atoms with Crippen molar-refractivity contribution in [1.82, 2.24) is 9.38 Å². The van der Waals surface area contributed by atoms with Crippen LogP contribution in [0.1, 0.15) is 27.3 Å². The number of halogens is 2. The summed E-state index contributed by atoms with van der Waals surface area (Å²) in [6.07, 6.45) is 2.13. The maximum absolute atomic E-state index is 11.1. The molecule has 0 saturated carbocycles. The van der Waals surface area contributed by atoms with Crippen molar-refractivity contribution in [2.24, 2.45) is 0 Å². The summed E-state index contributed by atoms with van der Waals surface area (Å²) in [5.41, 5.74) is 3.59. The zero-order valence-corrected chi connectivity index (χ0v) is 13.2. The molecule has 22 heavy (non-hydrogen) atoms. The van der Waals surface area contributed by atoms with Crippen LogP contribution in [0.5, 0.6) is 0 Å². The van der Waals surface area contributed by atoms with Crippen LogP contribution in [0.3, 0.4) is 0 Å². The first kappa shape index (κ1) is 14.9. The molecule has 4 nitrogen and oxygen atoms in total. The Bertz CT molecular complexity index is 887. The topological polar surface area (TPSA) is 54.6 Å². The van der Waals surface area contributed by atoms with Gasteiger partial charge in [-0.05, 0) is 36.8 Å². The summed E-state index contributed by atoms with van der Waals surface area (Å²) in [5.74, 6) is -0.969. The Labute approximate surface area is 136 Å². The van der Waals surface area contributed by atoms with E-state index in [9.17, 15) is 4.79 Å². The van der Waals surface area contributed by atoms with Crippen LogP contribution < -0.4 is 0 Å². The Hall–Kier alpha value is -2.04. The van der Waals surface area contributed by atoms with Crippen LogP contribution in [0.15, 0.2) is 36.5 Å². The van der Waals surface area contributed by atoms with Gasteiger partial charge in [-0.1, -0.05) is 29.3 Å². The number of hydrogen-bond acceptors (Lipinski definition) is 2. The van der Waals surface area contributed by atoms with E-state index in [1.807, 2.05) is 13.0 Å². The van der Waals surface area contributed by atoms with E-state index in [1.54, 1.807) is 34.9 Å². The average Bonchev–Trinajstić information content (AvgIpc) is 2.77. The molecule has 1 aromatic carbocycles. The number of carbonyl (C=O) groups is 1. The summed E-state index contributed by atoms with van der Waals surface area (Å²) in [7, 11) is 0. The lowest BCUT2D eigenvalue weighted by atomic mass is 10.1. The quantitative estimate of drug-likeness (QED) is 0.779. The molecule has 0 atom stereocenters. The number of pyridine rings is 1. The molecule has 1 N–H and O–H groups in total. The van der Waals surface area contributed by atoms with Crippen molar-refractivity contribution < 1.29 is 9.90 Å². The van der Waals surface area contributed by atoms with Crippen molar-refractivity contribution in [3.63, 3.8) is 0 Å². The van der Waals surface area contributed by atoms with Crippen LogP contribution >= 0.6 is 23.2 Å². The number of benzene rings is 1. The highest BCUT2D eigenvalue weighted by molar-refractivity contribution is 6.35. The summed E-state index contributed by atoms with van der Waals surface area (Å²) in [6, 6.07) is 8.58. The van der Waals surface area contributed by atoms with Gasteiger partial charge in [-0.25, -0.2) is 9.78 Å². The number of rotatable bonds is 3. The van der Waals surface area contributed by atoms with E-state index in [1.165, 1.54) is 0 Å². The molecule has 3 rings (SSSR count). The molecule has 3 aromatic rings. The van der Waals surface area contributed by atoms with E-state index in [0.717, 1.165) is 17.0 Å². The summed E-state index contributed by atoms with van der Waals surface area (Å²) < 4.78 is 1.80. The highest BCUT2D eigenvalue weighted by atomic mass is 35.5. The molecule has 2 aromatic heterocycles. The van der Waals surface area contributed by atoms with Gasteiger partial charge in [0.1, 0.15) is 5.65 Å². The normalized spacial score (nSPS) is 11.0. The number of carboxylic acid groups (broad SMARTS) is 1. The molecule has 0 aliphatic rings. The summed E-state index contributed by atoms with van der Waals surface area (Å²) in [6.45, 7) is 1.90. The SMILES string of the molecule is Cc1nc2ccc(C(=O)O)cn2c1Cc1ccc(Cl)cc1Cl. The minimum absolute atomic E-state index is 0.216. The predicted octanol–water partition coefficient (Wildman–Crippen LogP) is 4.24. The minimum Gasteiger partial charge on any atom is -0.478 e. The van der Waals surface area contributed by atoms with Crippen LogP contribution in [0, 0.1) is 6.92 Å². The van der Waals surface area contributed by atoms with Gasteiger partial charge in [0.05, 0.1) is 11.3 Å². The Morgan fingerprint density at radius 2 is 2.05 bits per heavy atom. The molecule has 0 amide bonds. The molecule has 0 aliphatic heterocycles. The van der Waals surface area contributed by atoms with Crippen molar-refractivity contribution in [3.8, 4) is 0 Å². The highest BCUT2D eigenvalue weighted by Crippen LogP contribution is 2.25. The molecule has 0 bridgehead atoms. The summed E-state index contributed by atoms with van der Waals surface area (Å²) in [5, 5.41) is 10.3. The largest absolute Gasteiger partial charge is 0.478 e. The lowest BCUT2D eigenvalue weighted by Gasteiger charge is -2.07. The molecule has 0 aliphatic carbocycles. The number of aromatic nitrogens is 2. The average molecular weight is 335 g/mol. The van der Waals surface area contributed by atoms with E-state index >= 15 is 0 Å². The maximum Gasteiger partial charge on any atom is 0.337 e. The number of imidazole rings is 1. The van der Waals surface area contributed by atoms with Crippen LogP contribution in [0.25, 0.3) is 5.65 Å². The van der Waals surface area contributed by atoms with E-state index in [4.69, 9.17) is 28.3 Å². The van der Waals surface area contributed by atoms with Gasteiger partial charge in [-0.15, -0.1) is 0 Å². The minimum atomic E-state index is -0.969. The van der Waals surface area contributed by atoms with E-state index in [2.05, 4.69) is 4.98 Å². The predicted molar refractivity (Wildman–Crippen MR) is 86.2 cm³/mol. The highest BCUT2D eigenvalue weighted by Gasteiger charge is 2.13. The monoisotopic (exact) mass is 334 g/mol. The van der Waals surface area contributed by atoms with Gasteiger partial charge in [0.15, 0.2) is 0 Å². The van der Waals surface area contributed by atoms with E-state index in [-0.39, 0.29) is 5.56 Å². The Balaban J connectivity index is 2.11. The number of aryl methyl sites for hydroxylation is 1. The molecular weight excluding hydrogens is 323 g/mol. The number of hydrogen-bond donors (Lipinski definition) is 1. The molecule has 2 heterocycles. The lowest BCUT2D eigenvalue weighted by Crippen LogP contribution is -2.02. The van der Waals surface area contributed by atoms with Crippen molar-refractivity contribution in [2.75, 3.05) is 0 Å². The van der Waals surface area contributed by atoms with Gasteiger partial charge in [0.25, 0.3) is 0 Å². The molecular formula is C16H12Cl2N2O2. The van der Waals surface area contributed by atoms with Crippen molar-refractivity contribution in [1.29, 1.82) is 0 Å². The molecule has 112 valence electrons. The third-order valence-electron chi connectivity index (χ3n) is 3.54. The number of nitrogens with zero attached hydrogens (tertiary/aromatic N) is 2. The van der Waals surface area contributed by atoms with Gasteiger partial charge < -0.3 is 9.51 Å². The third kappa shape index (κ3) is 2.67. The van der Waals surface area contributed by atoms with Crippen molar-refractivity contribution in [3.05, 3.63) is 69.1 Å². The second-order valence-electron chi connectivity index (χ2n) is 5.01. The van der Waals surface area contributed by atoms with Gasteiger partial charge in [-0.3, -0.25) is 0 Å². The van der Waals surface area contributed by atoms with Crippen LogP contribution in [-0.2, 0) is 6.42 Å². The van der Waals surface area contributed by atoms with Crippen LogP contribution in [-0.4, -0.2) is 20.5 Å². The fraction of sp³-hybridized carbons (Fsp3) is 0.125. The number of carboxylic acids is 1. The van der Waals surface area contributed by atoms with Gasteiger partial charge in [0, 0.05) is 28.4 Å². The smallest absolute Gasteiger partial charge is 0.337 e. The lowest BCUT2D eigenvalue weighted by molar-refractivity contribution is 0.0696. The van der Waals surface area contributed by atoms with Crippen molar-refractivity contribution >= 4 is 34.8 Å². The van der Waals surface area contributed by atoms with Crippen LogP contribution in [0.2, 0.25) is 10.0 Å². The molecule has 0 unspecified atom stereocenters. The Kier molecular flexibility index (Phi) is 3.81. The fourth-order valence-electron chi connectivity index (χ4n) is 2.40. The molecule has 0 spiro atoms. The first-order chi connectivity index (χ1) is 10.5. The Morgan fingerprint density at radius 1 is 1.27 bits per heavy atom. The summed E-state index contributed by atoms with van der Waals surface area (Å²) >= 11 is 12.1. The van der Waals surface area contributed by atoms with Gasteiger partial charge in [0.2, 0.25) is 0 Å². The molecule has 0 radical (unpaired) electrons. The third-order valence-corrected chi connectivity index (χ3v) is 4.12. The van der Waals surface area contributed by atoms with Crippen LogP contribution in [0.4, 0.5) is 0 Å². The first-order valence-corrected chi connectivity index (χ1v) is 7.36. The maximum atomic E-state index is 11.1. The molecule has 6 heteroatoms. The molecule has 0 fully saturated rings. The fourth-order valence-corrected chi connectivity index (χ4v) is 2.87. The van der Waals surface area contributed by atoms with Crippen molar-refractivity contribution in [2.45, 2.75) is 13.3 Å².